The van der Waals surface area contributed by atoms with E-state index in [1.165, 1.54) is 11.3 Å². The molecule has 10 heteroatoms. The monoisotopic (exact) mass is 515 g/mol. The van der Waals surface area contributed by atoms with Crippen molar-refractivity contribution >= 4 is 40.8 Å². The summed E-state index contributed by atoms with van der Waals surface area (Å²) >= 11 is 1.53. The van der Waals surface area contributed by atoms with E-state index in [9.17, 15) is 19.5 Å². The largest absolute Gasteiger partial charge is 0.480 e. The summed E-state index contributed by atoms with van der Waals surface area (Å²) in [5, 5.41) is 14.8. The van der Waals surface area contributed by atoms with Crippen LogP contribution in [-0.2, 0) is 16.1 Å². The van der Waals surface area contributed by atoms with Gasteiger partial charge in [-0.25, -0.2) is 14.8 Å². The zero-order valence-corrected chi connectivity index (χ0v) is 20.6. The molecule has 0 aliphatic heterocycles. The van der Waals surface area contributed by atoms with Crippen molar-refractivity contribution in [2.45, 2.75) is 25.4 Å². The molecule has 2 aromatic carbocycles. The molecule has 37 heavy (non-hydrogen) atoms. The number of imidazole rings is 1. The second-order valence-electron chi connectivity index (χ2n) is 8.28. The van der Waals surface area contributed by atoms with Gasteiger partial charge in [0.2, 0.25) is 5.91 Å². The molecule has 2 amide bonds. The maximum Gasteiger partial charge on any atom is 0.326 e. The summed E-state index contributed by atoms with van der Waals surface area (Å²) in [4.78, 5) is 44.6. The Kier molecular flexibility index (Phi) is 8.22. The van der Waals surface area contributed by atoms with E-state index in [1.54, 1.807) is 24.8 Å². The van der Waals surface area contributed by atoms with Gasteiger partial charge < -0.3 is 20.7 Å². The fourth-order valence-electron chi connectivity index (χ4n) is 3.82. The molecule has 0 radical (unpaired) electrons. The Bertz CT molecular complexity index is 1400. The number of allylic oxidation sites excluding steroid dienone is 1. The Morgan fingerprint density at radius 3 is 2.59 bits per heavy atom. The van der Waals surface area contributed by atoms with E-state index in [4.69, 9.17) is 5.73 Å². The van der Waals surface area contributed by atoms with Gasteiger partial charge in [0.25, 0.3) is 5.91 Å². The third-order valence-corrected chi connectivity index (χ3v) is 6.46. The summed E-state index contributed by atoms with van der Waals surface area (Å²) in [6, 6.07) is 13.5. The average molecular weight is 516 g/mol. The standard InChI is InChI=1S/C27H25N5O4S/c28-24(33)9-8-23(27(35)36)31-25(34)21-7-6-18(15-22(21)19-4-2-1-3-5-19)14-20(26-30-11-13-37-26)16-32-12-10-29-17-32/h1-7,10-15,17,23H,8-9,16H2,(H2,28,33)(H,31,34)(H,35,36)/b20-14-/t23-/m0/s1. The Hall–Kier alpha value is -4.57. The van der Waals surface area contributed by atoms with Crippen LogP contribution in [0, 0.1) is 0 Å². The zero-order chi connectivity index (χ0) is 26.2. The van der Waals surface area contributed by atoms with Crippen molar-refractivity contribution in [2.24, 2.45) is 5.73 Å². The van der Waals surface area contributed by atoms with Gasteiger partial charge in [0.15, 0.2) is 0 Å². The molecule has 0 saturated heterocycles. The smallest absolute Gasteiger partial charge is 0.326 e. The molecule has 0 aliphatic carbocycles. The van der Waals surface area contributed by atoms with Crippen molar-refractivity contribution in [3.63, 3.8) is 0 Å². The second-order valence-corrected chi connectivity index (χ2v) is 9.18. The van der Waals surface area contributed by atoms with E-state index < -0.39 is 23.8 Å². The van der Waals surface area contributed by atoms with Gasteiger partial charge in [-0.3, -0.25) is 9.59 Å². The number of hydrogen-bond donors (Lipinski definition) is 3. The van der Waals surface area contributed by atoms with Crippen LogP contribution in [0.4, 0.5) is 0 Å². The van der Waals surface area contributed by atoms with E-state index >= 15 is 0 Å². The van der Waals surface area contributed by atoms with Crippen LogP contribution in [0.25, 0.3) is 22.8 Å². The van der Waals surface area contributed by atoms with Gasteiger partial charge in [0, 0.05) is 41.5 Å². The number of nitrogens with zero attached hydrogens (tertiary/aromatic N) is 3. The first kappa shape index (κ1) is 25.5. The lowest BCUT2D eigenvalue weighted by atomic mass is 9.95. The molecule has 0 saturated carbocycles. The lowest BCUT2D eigenvalue weighted by Crippen LogP contribution is -2.41. The van der Waals surface area contributed by atoms with Gasteiger partial charge in [-0.2, -0.15) is 0 Å². The SMILES string of the molecule is NC(=O)CC[C@H](NC(=O)c1ccc(/C=C(/Cn2ccnc2)c2nccs2)cc1-c1ccccc1)C(=O)O. The van der Waals surface area contributed by atoms with Gasteiger partial charge >= 0.3 is 5.97 Å². The van der Waals surface area contributed by atoms with E-state index in [0.29, 0.717) is 17.7 Å². The third-order valence-electron chi connectivity index (χ3n) is 5.62. The fourth-order valence-corrected chi connectivity index (χ4v) is 4.47. The summed E-state index contributed by atoms with van der Waals surface area (Å²) in [5.74, 6) is -2.42. The van der Waals surface area contributed by atoms with Gasteiger partial charge in [0.05, 0.1) is 12.9 Å². The highest BCUT2D eigenvalue weighted by molar-refractivity contribution is 7.10. The van der Waals surface area contributed by atoms with E-state index in [0.717, 1.165) is 21.7 Å². The quantitative estimate of drug-likeness (QED) is 0.278. The zero-order valence-electron chi connectivity index (χ0n) is 19.8. The Labute approximate surface area is 217 Å². The molecule has 4 N–H and O–H groups in total. The molecule has 188 valence electrons. The summed E-state index contributed by atoms with van der Waals surface area (Å²) in [7, 11) is 0. The normalized spacial score (nSPS) is 12.2. The number of thiazole rings is 1. The van der Waals surface area contributed by atoms with Crippen molar-refractivity contribution in [3.8, 4) is 11.1 Å². The Morgan fingerprint density at radius 1 is 1.14 bits per heavy atom. The van der Waals surface area contributed by atoms with Crippen LogP contribution in [0.2, 0.25) is 0 Å². The lowest BCUT2D eigenvalue weighted by molar-refractivity contribution is -0.139. The number of nitrogens with two attached hydrogens (primary N) is 1. The van der Waals surface area contributed by atoms with Crippen LogP contribution in [0.1, 0.15) is 33.8 Å². The Morgan fingerprint density at radius 2 is 1.95 bits per heavy atom. The van der Waals surface area contributed by atoms with Crippen LogP contribution in [-0.4, -0.2) is 43.5 Å². The molecule has 4 rings (SSSR count). The van der Waals surface area contributed by atoms with Crippen LogP contribution in [0.5, 0.6) is 0 Å². The van der Waals surface area contributed by atoms with Crippen LogP contribution in [0.15, 0.2) is 78.8 Å². The average Bonchev–Trinajstić information content (AvgIpc) is 3.61. The predicted octanol–water partition coefficient (Wildman–Crippen LogP) is 3.70. The number of amides is 2. The van der Waals surface area contributed by atoms with Crippen molar-refractivity contribution in [3.05, 3.63) is 95.0 Å². The first-order valence-corrected chi connectivity index (χ1v) is 12.4. The molecule has 0 unspecified atom stereocenters. The van der Waals surface area contributed by atoms with Crippen LogP contribution in [0.3, 0.4) is 0 Å². The number of carboxylic acids is 1. The number of nitrogens with one attached hydrogen (secondary N) is 1. The molecular formula is C27H25N5O4S. The maximum absolute atomic E-state index is 13.2. The maximum atomic E-state index is 13.2. The molecule has 2 heterocycles. The van der Waals surface area contributed by atoms with E-state index in [1.807, 2.05) is 64.7 Å². The molecular weight excluding hydrogens is 490 g/mol. The summed E-state index contributed by atoms with van der Waals surface area (Å²) < 4.78 is 1.95. The number of aromatic nitrogens is 3. The summed E-state index contributed by atoms with van der Waals surface area (Å²) in [6.45, 7) is 0.566. The number of carboxylic acid groups (broad SMARTS) is 1. The summed E-state index contributed by atoms with van der Waals surface area (Å²) in [5.41, 5.74) is 8.75. The van der Waals surface area contributed by atoms with Gasteiger partial charge in [-0.15, -0.1) is 11.3 Å². The number of benzene rings is 2. The molecule has 0 aliphatic rings. The van der Waals surface area contributed by atoms with E-state index in [2.05, 4.69) is 15.3 Å². The number of hydrogen-bond acceptors (Lipinski definition) is 6. The highest BCUT2D eigenvalue weighted by Crippen LogP contribution is 2.28. The first-order chi connectivity index (χ1) is 17.9. The molecule has 0 spiro atoms. The lowest BCUT2D eigenvalue weighted by Gasteiger charge is -2.16. The van der Waals surface area contributed by atoms with Gasteiger partial charge in [0.1, 0.15) is 11.0 Å². The number of carbonyl (C=O) groups is 3. The topological polar surface area (TPSA) is 140 Å². The minimum Gasteiger partial charge on any atom is -0.480 e. The van der Waals surface area contributed by atoms with Crippen molar-refractivity contribution < 1.29 is 19.5 Å². The van der Waals surface area contributed by atoms with E-state index in [-0.39, 0.29) is 12.8 Å². The second kappa shape index (κ2) is 11.9. The predicted molar refractivity (Wildman–Crippen MR) is 141 cm³/mol. The molecule has 4 aromatic rings. The third kappa shape index (κ3) is 6.77. The number of carbonyl (C=O) groups excluding carboxylic acids is 2. The number of rotatable bonds is 11. The van der Waals surface area contributed by atoms with Crippen molar-refractivity contribution in [1.29, 1.82) is 0 Å². The number of aliphatic carboxylic acids is 1. The van der Waals surface area contributed by atoms with Crippen LogP contribution >= 0.6 is 11.3 Å². The highest BCUT2D eigenvalue weighted by Gasteiger charge is 2.23. The molecule has 0 bridgehead atoms. The summed E-state index contributed by atoms with van der Waals surface area (Å²) in [6.07, 6.45) is 8.85. The molecule has 9 nitrogen and oxygen atoms in total. The van der Waals surface area contributed by atoms with Gasteiger partial charge in [-0.1, -0.05) is 36.4 Å². The highest BCUT2D eigenvalue weighted by atomic mass is 32.1. The fraction of sp³-hybridized carbons (Fsp3) is 0.148. The minimum atomic E-state index is -1.24. The number of primary amides is 1. The van der Waals surface area contributed by atoms with Crippen LogP contribution < -0.4 is 11.1 Å². The first-order valence-electron chi connectivity index (χ1n) is 11.5. The Balaban J connectivity index is 1.71. The van der Waals surface area contributed by atoms with Gasteiger partial charge in [-0.05, 0) is 41.3 Å². The minimum absolute atomic E-state index is 0.0939. The van der Waals surface area contributed by atoms with Crippen molar-refractivity contribution in [1.82, 2.24) is 19.9 Å². The molecule has 1 atom stereocenters. The molecule has 0 fully saturated rings. The molecule has 2 aromatic heterocycles. The van der Waals surface area contributed by atoms with Crippen molar-refractivity contribution in [2.75, 3.05) is 0 Å².